The maximum Gasteiger partial charge on any atom is 0.125 e. The van der Waals surface area contributed by atoms with Gasteiger partial charge in [-0.3, -0.25) is 0 Å². The number of nitrogens with one attached hydrogen (secondary N) is 1. The van der Waals surface area contributed by atoms with Gasteiger partial charge in [0.2, 0.25) is 0 Å². The molecule has 82 valence electrons. The minimum atomic E-state index is -0.164. The highest BCUT2D eigenvalue weighted by Crippen LogP contribution is 2.31. The highest BCUT2D eigenvalue weighted by atomic mass is 19.1. The monoisotopic (exact) mass is 208 g/mol. The molecule has 0 saturated carbocycles. The fourth-order valence-electron chi connectivity index (χ4n) is 2.18. The van der Waals surface area contributed by atoms with E-state index < -0.39 is 0 Å². The third-order valence-electron chi connectivity index (χ3n) is 3.02. The fourth-order valence-corrected chi connectivity index (χ4v) is 2.18. The molecular formula is C12H17FN2. The van der Waals surface area contributed by atoms with Crippen LogP contribution in [0.4, 0.5) is 15.8 Å². The number of hydrogen-bond acceptors (Lipinski definition) is 2. The third kappa shape index (κ3) is 1.91. The molecule has 1 aromatic carbocycles. The van der Waals surface area contributed by atoms with Crippen molar-refractivity contribution in [2.75, 3.05) is 23.3 Å². The zero-order valence-corrected chi connectivity index (χ0v) is 9.26. The highest BCUT2D eigenvalue weighted by Gasteiger charge is 2.19. The van der Waals surface area contributed by atoms with Crippen molar-refractivity contribution >= 4 is 11.4 Å². The second-order valence-corrected chi connectivity index (χ2v) is 4.01. The van der Waals surface area contributed by atoms with E-state index >= 15 is 0 Å². The molecule has 1 heterocycles. The summed E-state index contributed by atoms with van der Waals surface area (Å²) in [6, 6.07) is 5.42. The molecule has 3 heteroatoms. The Bertz CT molecular complexity index is 351. The molecule has 1 aromatic rings. The molecule has 15 heavy (non-hydrogen) atoms. The van der Waals surface area contributed by atoms with E-state index in [0.717, 1.165) is 30.9 Å². The molecule has 1 aliphatic rings. The second kappa shape index (κ2) is 4.09. The summed E-state index contributed by atoms with van der Waals surface area (Å²) in [5.41, 5.74) is 2.03. The van der Waals surface area contributed by atoms with Crippen molar-refractivity contribution in [1.82, 2.24) is 0 Å². The standard InChI is InChI=1S/C12H17FN2/c1-3-15-9(2)6-7-14-11-5-4-10(13)8-12(11)15/h4-5,8-9,14H,3,6-7H2,1-2H3. The van der Waals surface area contributed by atoms with Crippen LogP contribution in [0.1, 0.15) is 20.3 Å². The molecule has 1 N–H and O–H groups in total. The molecule has 0 amide bonds. The summed E-state index contributed by atoms with van der Waals surface area (Å²) >= 11 is 0. The van der Waals surface area contributed by atoms with E-state index in [1.165, 1.54) is 6.07 Å². The van der Waals surface area contributed by atoms with Gasteiger partial charge in [0.25, 0.3) is 0 Å². The largest absolute Gasteiger partial charge is 0.383 e. The number of rotatable bonds is 1. The summed E-state index contributed by atoms with van der Waals surface area (Å²) in [7, 11) is 0. The maximum atomic E-state index is 13.2. The Morgan fingerprint density at radius 3 is 3.07 bits per heavy atom. The lowest BCUT2D eigenvalue weighted by Crippen LogP contribution is -2.32. The second-order valence-electron chi connectivity index (χ2n) is 4.01. The summed E-state index contributed by atoms with van der Waals surface area (Å²) in [6.45, 7) is 6.16. The zero-order chi connectivity index (χ0) is 10.8. The first-order valence-corrected chi connectivity index (χ1v) is 5.52. The van der Waals surface area contributed by atoms with E-state index in [1.807, 2.05) is 6.07 Å². The quantitative estimate of drug-likeness (QED) is 0.763. The first-order chi connectivity index (χ1) is 7.22. The lowest BCUT2D eigenvalue weighted by Gasteiger charge is -2.28. The van der Waals surface area contributed by atoms with Crippen molar-refractivity contribution in [1.29, 1.82) is 0 Å². The predicted octanol–water partition coefficient (Wildman–Crippen LogP) is 2.86. The van der Waals surface area contributed by atoms with Crippen molar-refractivity contribution in [3.05, 3.63) is 24.0 Å². The summed E-state index contributed by atoms with van der Waals surface area (Å²) in [5.74, 6) is -0.164. The number of fused-ring (bicyclic) bond motifs is 1. The van der Waals surface area contributed by atoms with Gasteiger partial charge >= 0.3 is 0 Å². The molecule has 0 bridgehead atoms. The average molecular weight is 208 g/mol. The van der Waals surface area contributed by atoms with Crippen LogP contribution in [-0.2, 0) is 0 Å². The minimum Gasteiger partial charge on any atom is -0.383 e. The van der Waals surface area contributed by atoms with Crippen LogP contribution in [-0.4, -0.2) is 19.1 Å². The Morgan fingerprint density at radius 2 is 2.33 bits per heavy atom. The number of hydrogen-bond donors (Lipinski definition) is 1. The molecule has 0 aromatic heterocycles. The molecule has 1 atom stereocenters. The molecule has 0 aliphatic carbocycles. The smallest absolute Gasteiger partial charge is 0.125 e. The van der Waals surface area contributed by atoms with E-state index in [-0.39, 0.29) is 5.82 Å². The Morgan fingerprint density at radius 1 is 1.53 bits per heavy atom. The van der Waals surface area contributed by atoms with Gasteiger partial charge in [0, 0.05) is 19.1 Å². The van der Waals surface area contributed by atoms with Gasteiger partial charge in [0.1, 0.15) is 5.82 Å². The zero-order valence-electron chi connectivity index (χ0n) is 9.26. The lowest BCUT2D eigenvalue weighted by atomic mass is 10.2. The predicted molar refractivity (Wildman–Crippen MR) is 62.0 cm³/mol. The van der Waals surface area contributed by atoms with E-state index in [0.29, 0.717) is 6.04 Å². The first-order valence-electron chi connectivity index (χ1n) is 5.52. The molecular weight excluding hydrogens is 191 g/mol. The van der Waals surface area contributed by atoms with Gasteiger partial charge in [-0.2, -0.15) is 0 Å². The first kappa shape index (κ1) is 10.3. The Hall–Kier alpha value is -1.25. The van der Waals surface area contributed by atoms with E-state index in [2.05, 4.69) is 24.1 Å². The van der Waals surface area contributed by atoms with Gasteiger partial charge in [0.15, 0.2) is 0 Å². The average Bonchev–Trinajstić information content (AvgIpc) is 2.36. The number of nitrogens with zero attached hydrogens (tertiary/aromatic N) is 1. The maximum absolute atomic E-state index is 13.2. The Kier molecular flexibility index (Phi) is 2.80. The fraction of sp³-hybridized carbons (Fsp3) is 0.500. The van der Waals surface area contributed by atoms with E-state index in [4.69, 9.17) is 0 Å². The lowest BCUT2D eigenvalue weighted by molar-refractivity contribution is 0.613. The Labute approximate surface area is 90.1 Å². The summed E-state index contributed by atoms with van der Waals surface area (Å²) in [6.07, 6.45) is 1.09. The van der Waals surface area contributed by atoms with Crippen LogP contribution in [0.25, 0.3) is 0 Å². The molecule has 1 aliphatic heterocycles. The van der Waals surface area contributed by atoms with Crippen LogP contribution in [0, 0.1) is 5.82 Å². The summed E-state index contributed by atoms with van der Waals surface area (Å²) in [4.78, 5) is 2.25. The van der Waals surface area contributed by atoms with E-state index in [9.17, 15) is 4.39 Å². The van der Waals surface area contributed by atoms with Crippen LogP contribution in [0.2, 0.25) is 0 Å². The normalized spacial score (nSPS) is 20.5. The van der Waals surface area contributed by atoms with Crippen molar-refractivity contribution in [3.63, 3.8) is 0 Å². The molecule has 0 saturated heterocycles. The number of anilines is 2. The van der Waals surface area contributed by atoms with Crippen LogP contribution < -0.4 is 10.2 Å². The van der Waals surface area contributed by atoms with Crippen molar-refractivity contribution < 1.29 is 4.39 Å². The van der Waals surface area contributed by atoms with E-state index in [1.54, 1.807) is 6.07 Å². The molecule has 2 rings (SSSR count). The summed E-state index contributed by atoms with van der Waals surface area (Å²) < 4.78 is 13.2. The van der Waals surface area contributed by atoms with Crippen LogP contribution in [0.3, 0.4) is 0 Å². The van der Waals surface area contributed by atoms with Gasteiger partial charge in [-0.05, 0) is 38.5 Å². The number of benzene rings is 1. The molecule has 0 radical (unpaired) electrons. The summed E-state index contributed by atoms with van der Waals surface area (Å²) in [5, 5.41) is 3.34. The minimum absolute atomic E-state index is 0.164. The number of halogens is 1. The van der Waals surface area contributed by atoms with Gasteiger partial charge < -0.3 is 10.2 Å². The molecule has 0 spiro atoms. The van der Waals surface area contributed by atoms with Gasteiger partial charge in [0.05, 0.1) is 11.4 Å². The van der Waals surface area contributed by atoms with Gasteiger partial charge in [-0.25, -0.2) is 4.39 Å². The van der Waals surface area contributed by atoms with Crippen molar-refractivity contribution in [2.24, 2.45) is 0 Å². The van der Waals surface area contributed by atoms with Gasteiger partial charge in [-0.15, -0.1) is 0 Å². The highest BCUT2D eigenvalue weighted by molar-refractivity contribution is 5.71. The Balaban J connectivity index is 2.44. The molecule has 0 fully saturated rings. The van der Waals surface area contributed by atoms with Crippen LogP contribution in [0.15, 0.2) is 18.2 Å². The molecule has 2 nitrogen and oxygen atoms in total. The third-order valence-corrected chi connectivity index (χ3v) is 3.02. The van der Waals surface area contributed by atoms with Crippen LogP contribution >= 0.6 is 0 Å². The topological polar surface area (TPSA) is 15.3 Å². The van der Waals surface area contributed by atoms with Crippen molar-refractivity contribution in [3.8, 4) is 0 Å². The SMILES string of the molecule is CCN1c2cc(F)ccc2NCCC1C. The van der Waals surface area contributed by atoms with Gasteiger partial charge in [-0.1, -0.05) is 0 Å². The van der Waals surface area contributed by atoms with Crippen molar-refractivity contribution in [2.45, 2.75) is 26.3 Å². The van der Waals surface area contributed by atoms with Crippen LogP contribution in [0.5, 0.6) is 0 Å². The molecule has 1 unspecified atom stereocenters.